The van der Waals surface area contributed by atoms with Crippen molar-refractivity contribution in [1.29, 1.82) is 0 Å². The molecule has 0 bridgehead atoms. The number of hydrogen-bond donors (Lipinski definition) is 1. The van der Waals surface area contributed by atoms with E-state index in [1.807, 2.05) is 36.4 Å². The van der Waals surface area contributed by atoms with E-state index >= 15 is 0 Å². The summed E-state index contributed by atoms with van der Waals surface area (Å²) in [5.41, 5.74) is 7.40. The summed E-state index contributed by atoms with van der Waals surface area (Å²) in [5.74, 6) is -0.252. The van der Waals surface area contributed by atoms with Crippen LogP contribution < -0.4 is 5.73 Å². The van der Waals surface area contributed by atoms with E-state index in [2.05, 4.69) is 4.98 Å². The predicted molar refractivity (Wildman–Crippen MR) is 82.7 cm³/mol. The standard InChI is InChI=1S/C16H13FN2OS/c17-12-7-13(18)9-15(8-12)21(20)10-14-6-5-11-3-1-2-4-16(11)19-14/h1-9H,10,18H2. The molecule has 0 aliphatic heterocycles. The van der Waals surface area contributed by atoms with Crippen LogP contribution in [-0.4, -0.2) is 9.19 Å². The summed E-state index contributed by atoms with van der Waals surface area (Å²) < 4.78 is 25.6. The molecule has 0 amide bonds. The molecule has 2 aromatic carbocycles. The summed E-state index contributed by atoms with van der Waals surface area (Å²) in [6, 6.07) is 15.5. The van der Waals surface area contributed by atoms with Crippen LogP contribution in [0.3, 0.4) is 0 Å². The van der Waals surface area contributed by atoms with Crippen molar-refractivity contribution in [3.05, 3.63) is 66.1 Å². The maximum Gasteiger partial charge on any atom is 0.126 e. The van der Waals surface area contributed by atoms with Gasteiger partial charge in [-0.1, -0.05) is 24.3 Å². The zero-order valence-electron chi connectivity index (χ0n) is 11.1. The molecule has 3 aromatic rings. The van der Waals surface area contributed by atoms with E-state index in [0.717, 1.165) is 10.9 Å². The summed E-state index contributed by atoms with van der Waals surface area (Å²) >= 11 is 0. The van der Waals surface area contributed by atoms with Crippen LogP contribution in [0.25, 0.3) is 10.9 Å². The van der Waals surface area contributed by atoms with Crippen LogP contribution in [0.4, 0.5) is 10.1 Å². The van der Waals surface area contributed by atoms with Crippen molar-refractivity contribution >= 4 is 27.4 Å². The summed E-state index contributed by atoms with van der Waals surface area (Å²) in [4.78, 5) is 4.84. The first-order valence-corrected chi connectivity index (χ1v) is 7.73. The van der Waals surface area contributed by atoms with Gasteiger partial charge in [0.15, 0.2) is 0 Å². The van der Waals surface area contributed by atoms with Crippen LogP contribution in [0.2, 0.25) is 0 Å². The average Bonchev–Trinajstić information content (AvgIpc) is 2.46. The van der Waals surface area contributed by atoms with E-state index in [4.69, 9.17) is 5.73 Å². The Morgan fingerprint density at radius 1 is 1.10 bits per heavy atom. The maximum absolute atomic E-state index is 13.3. The van der Waals surface area contributed by atoms with Crippen LogP contribution in [-0.2, 0) is 16.6 Å². The molecule has 0 saturated heterocycles. The number of anilines is 1. The number of fused-ring (bicyclic) bond motifs is 1. The predicted octanol–water partition coefficient (Wildman–Crippen LogP) is 3.26. The Morgan fingerprint density at radius 3 is 2.71 bits per heavy atom. The van der Waals surface area contributed by atoms with Gasteiger partial charge in [-0.05, 0) is 30.3 Å². The van der Waals surface area contributed by atoms with Gasteiger partial charge >= 0.3 is 0 Å². The fourth-order valence-corrected chi connectivity index (χ4v) is 3.23. The van der Waals surface area contributed by atoms with Crippen molar-refractivity contribution in [2.75, 3.05) is 5.73 Å². The smallest absolute Gasteiger partial charge is 0.126 e. The molecular weight excluding hydrogens is 287 g/mol. The molecule has 0 aliphatic carbocycles. The van der Waals surface area contributed by atoms with Crippen LogP contribution in [0.5, 0.6) is 0 Å². The lowest BCUT2D eigenvalue weighted by Crippen LogP contribution is -2.00. The second-order valence-corrected chi connectivity index (χ2v) is 6.16. The number of aromatic nitrogens is 1. The number of pyridine rings is 1. The highest BCUT2D eigenvalue weighted by Crippen LogP contribution is 2.18. The van der Waals surface area contributed by atoms with Gasteiger partial charge in [-0.15, -0.1) is 0 Å². The fraction of sp³-hybridized carbons (Fsp3) is 0.0625. The van der Waals surface area contributed by atoms with Gasteiger partial charge in [0.1, 0.15) is 5.82 Å². The molecule has 0 radical (unpaired) electrons. The molecule has 2 N–H and O–H groups in total. The normalized spacial score (nSPS) is 12.4. The first-order chi connectivity index (χ1) is 10.1. The third kappa shape index (κ3) is 3.08. The summed E-state index contributed by atoms with van der Waals surface area (Å²) in [5, 5.41) is 1.03. The summed E-state index contributed by atoms with van der Waals surface area (Å²) in [7, 11) is -1.38. The van der Waals surface area contributed by atoms with E-state index in [1.54, 1.807) is 0 Å². The molecule has 0 aliphatic rings. The van der Waals surface area contributed by atoms with E-state index in [0.29, 0.717) is 10.6 Å². The Balaban J connectivity index is 1.88. The highest BCUT2D eigenvalue weighted by atomic mass is 32.2. The maximum atomic E-state index is 13.3. The molecule has 5 heteroatoms. The van der Waals surface area contributed by atoms with Gasteiger partial charge < -0.3 is 5.73 Å². The zero-order valence-corrected chi connectivity index (χ0v) is 11.9. The molecule has 106 valence electrons. The quantitative estimate of drug-likeness (QED) is 0.755. The molecular formula is C16H13FN2OS. The highest BCUT2D eigenvalue weighted by Gasteiger charge is 2.09. The number of hydrogen-bond acceptors (Lipinski definition) is 3. The molecule has 3 nitrogen and oxygen atoms in total. The second-order valence-electron chi connectivity index (χ2n) is 4.71. The molecule has 0 spiro atoms. The summed E-state index contributed by atoms with van der Waals surface area (Å²) in [6.45, 7) is 0. The number of nitrogen functional groups attached to an aromatic ring is 1. The molecule has 1 atom stereocenters. The van der Waals surface area contributed by atoms with Crippen molar-refractivity contribution in [3.63, 3.8) is 0 Å². The average molecular weight is 300 g/mol. The monoisotopic (exact) mass is 300 g/mol. The number of halogens is 1. The lowest BCUT2D eigenvalue weighted by atomic mass is 10.2. The van der Waals surface area contributed by atoms with E-state index in [9.17, 15) is 8.60 Å². The molecule has 1 unspecified atom stereocenters. The van der Waals surface area contributed by atoms with Crippen molar-refractivity contribution in [2.45, 2.75) is 10.6 Å². The van der Waals surface area contributed by atoms with Crippen molar-refractivity contribution in [3.8, 4) is 0 Å². The number of rotatable bonds is 3. The second kappa shape index (κ2) is 5.61. The summed E-state index contributed by atoms with van der Waals surface area (Å²) in [6.07, 6.45) is 0. The zero-order chi connectivity index (χ0) is 14.8. The SMILES string of the molecule is Nc1cc(F)cc(S(=O)Cc2ccc3ccccc3n2)c1. The van der Waals surface area contributed by atoms with Crippen LogP contribution >= 0.6 is 0 Å². The first-order valence-electron chi connectivity index (χ1n) is 6.41. The molecule has 1 heterocycles. The van der Waals surface area contributed by atoms with E-state index in [-0.39, 0.29) is 11.4 Å². The van der Waals surface area contributed by atoms with Crippen LogP contribution in [0, 0.1) is 5.82 Å². The Labute approximate surface area is 124 Å². The minimum atomic E-state index is -1.38. The van der Waals surface area contributed by atoms with Crippen LogP contribution in [0.15, 0.2) is 59.5 Å². The molecule has 0 fully saturated rings. The van der Waals surface area contributed by atoms with E-state index in [1.165, 1.54) is 18.2 Å². The van der Waals surface area contributed by atoms with Crippen molar-refractivity contribution in [1.82, 2.24) is 4.98 Å². The molecule has 21 heavy (non-hydrogen) atoms. The third-order valence-electron chi connectivity index (χ3n) is 3.09. The molecule has 1 aromatic heterocycles. The number of nitrogens with two attached hydrogens (primary N) is 1. The van der Waals surface area contributed by atoms with Crippen molar-refractivity contribution in [2.24, 2.45) is 0 Å². The highest BCUT2D eigenvalue weighted by molar-refractivity contribution is 7.84. The molecule has 0 saturated carbocycles. The van der Waals surface area contributed by atoms with Gasteiger partial charge in [-0.25, -0.2) is 4.39 Å². The minimum absolute atomic E-state index is 0.230. The fourth-order valence-electron chi connectivity index (χ4n) is 2.12. The number of para-hydroxylation sites is 1. The number of nitrogens with zero attached hydrogens (tertiary/aromatic N) is 1. The Morgan fingerprint density at radius 2 is 1.90 bits per heavy atom. The van der Waals surface area contributed by atoms with Gasteiger partial charge in [-0.3, -0.25) is 9.19 Å². The lowest BCUT2D eigenvalue weighted by Gasteiger charge is -2.05. The topological polar surface area (TPSA) is 56.0 Å². The van der Waals surface area contributed by atoms with Gasteiger partial charge in [0.2, 0.25) is 0 Å². The van der Waals surface area contributed by atoms with E-state index < -0.39 is 16.6 Å². The lowest BCUT2D eigenvalue weighted by molar-refractivity contribution is 0.623. The van der Waals surface area contributed by atoms with Gasteiger partial charge in [-0.2, -0.15) is 0 Å². The largest absolute Gasteiger partial charge is 0.399 e. The Hall–Kier alpha value is -2.27. The van der Waals surface area contributed by atoms with Crippen molar-refractivity contribution < 1.29 is 8.60 Å². The van der Waals surface area contributed by atoms with Gasteiger partial charge in [0.05, 0.1) is 27.8 Å². The Kier molecular flexibility index (Phi) is 3.66. The molecule has 3 rings (SSSR count). The van der Waals surface area contributed by atoms with Crippen LogP contribution in [0.1, 0.15) is 5.69 Å². The van der Waals surface area contributed by atoms with Gasteiger partial charge in [0.25, 0.3) is 0 Å². The first kappa shape index (κ1) is 13.7. The minimum Gasteiger partial charge on any atom is -0.399 e. The number of benzene rings is 2. The Bertz CT molecular complexity index is 815. The third-order valence-corrected chi connectivity index (χ3v) is 4.41. The van der Waals surface area contributed by atoms with Gasteiger partial charge in [0, 0.05) is 16.0 Å².